The van der Waals surface area contributed by atoms with Crippen molar-refractivity contribution < 1.29 is 17.9 Å². The first-order valence-electron chi connectivity index (χ1n) is 9.54. The number of thiophene rings is 1. The summed E-state index contributed by atoms with van der Waals surface area (Å²) in [5.74, 6) is -0.337. The van der Waals surface area contributed by atoms with Crippen molar-refractivity contribution in [1.82, 2.24) is 10.0 Å². The maximum atomic E-state index is 12.6. The van der Waals surface area contributed by atoms with Crippen LogP contribution in [0.3, 0.4) is 0 Å². The van der Waals surface area contributed by atoms with Crippen LogP contribution in [0.4, 0.5) is 0 Å². The molecule has 0 unspecified atom stereocenters. The molecular weight excluding hydrogens is 420 g/mol. The van der Waals surface area contributed by atoms with Gasteiger partial charge in [-0.3, -0.25) is 4.79 Å². The van der Waals surface area contributed by atoms with E-state index in [-0.39, 0.29) is 22.9 Å². The van der Waals surface area contributed by atoms with E-state index in [9.17, 15) is 13.2 Å². The van der Waals surface area contributed by atoms with Crippen LogP contribution < -0.4 is 10.0 Å². The Bertz CT molecular complexity index is 1080. The Morgan fingerprint density at radius 3 is 2.53 bits per heavy atom. The molecule has 0 spiro atoms. The minimum atomic E-state index is -3.72. The van der Waals surface area contributed by atoms with Crippen molar-refractivity contribution in [3.63, 3.8) is 0 Å². The van der Waals surface area contributed by atoms with Crippen LogP contribution in [0.15, 0.2) is 70.9 Å². The van der Waals surface area contributed by atoms with E-state index in [0.717, 1.165) is 16.0 Å². The van der Waals surface area contributed by atoms with Gasteiger partial charge < -0.3 is 10.1 Å². The molecule has 1 aromatic heterocycles. The van der Waals surface area contributed by atoms with Gasteiger partial charge in [-0.2, -0.15) is 0 Å². The van der Waals surface area contributed by atoms with E-state index >= 15 is 0 Å². The van der Waals surface area contributed by atoms with Gasteiger partial charge in [0.2, 0.25) is 10.0 Å². The SMILES string of the molecule is CCOCc1ccccc1CNC(=O)c1cccc(S(=O)(=O)NCc2cccs2)c1. The molecule has 2 aromatic carbocycles. The lowest BCUT2D eigenvalue weighted by molar-refractivity contribution is 0.0949. The molecule has 0 atom stereocenters. The average Bonchev–Trinajstić information content (AvgIpc) is 3.29. The third kappa shape index (κ3) is 5.99. The van der Waals surface area contributed by atoms with Gasteiger partial charge in [0.1, 0.15) is 0 Å². The predicted molar refractivity (Wildman–Crippen MR) is 118 cm³/mol. The van der Waals surface area contributed by atoms with Crippen molar-refractivity contribution in [2.45, 2.75) is 31.5 Å². The van der Waals surface area contributed by atoms with E-state index in [4.69, 9.17) is 4.74 Å². The van der Waals surface area contributed by atoms with E-state index in [1.165, 1.54) is 23.5 Å². The fourth-order valence-corrected chi connectivity index (χ4v) is 4.62. The van der Waals surface area contributed by atoms with Crippen LogP contribution >= 0.6 is 11.3 Å². The molecule has 8 heteroatoms. The zero-order valence-corrected chi connectivity index (χ0v) is 18.3. The predicted octanol–water partition coefficient (Wildman–Crippen LogP) is 3.69. The monoisotopic (exact) mass is 444 g/mol. The number of nitrogens with one attached hydrogen (secondary N) is 2. The van der Waals surface area contributed by atoms with Gasteiger partial charge in [-0.25, -0.2) is 13.1 Å². The van der Waals surface area contributed by atoms with E-state index in [1.54, 1.807) is 12.1 Å². The molecule has 1 amide bonds. The Kier molecular flexibility index (Phi) is 7.75. The summed E-state index contributed by atoms with van der Waals surface area (Å²) in [4.78, 5) is 13.6. The van der Waals surface area contributed by atoms with Crippen LogP contribution in [0, 0.1) is 0 Å². The maximum Gasteiger partial charge on any atom is 0.251 e. The maximum absolute atomic E-state index is 12.6. The lowest BCUT2D eigenvalue weighted by Gasteiger charge is -2.11. The molecule has 158 valence electrons. The molecule has 3 aromatic rings. The second kappa shape index (κ2) is 10.5. The van der Waals surface area contributed by atoms with Crippen LogP contribution in [-0.2, 0) is 34.5 Å². The lowest BCUT2D eigenvalue weighted by atomic mass is 10.1. The fourth-order valence-electron chi connectivity index (χ4n) is 2.83. The molecule has 0 saturated heterocycles. The van der Waals surface area contributed by atoms with Crippen molar-refractivity contribution in [3.05, 3.63) is 87.6 Å². The third-order valence-electron chi connectivity index (χ3n) is 4.44. The number of sulfonamides is 1. The van der Waals surface area contributed by atoms with E-state index in [1.807, 2.05) is 48.7 Å². The van der Waals surface area contributed by atoms with Crippen molar-refractivity contribution >= 4 is 27.3 Å². The molecule has 3 rings (SSSR count). The van der Waals surface area contributed by atoms with E-state index < -0.39 is 10.0 Å². The highest BCUT2D eigenvalue weighted by molar-refractivity contribution is 7.89. The van der Waals surface area contributed by atoms with Crippen molar-refractivity contribution in [3.8, 4) is 0 Å². The van der Waals surface area contributed by atoms with Gasteiger partial charge in [0, 0.05) is 30.1 Å². The van der Waals surface area contributed by atoms with E-state index in [0.29, 0.717) is 19.8 Å². The topological polar surface area (TPSA) is 84.5 Å². The Balaban J connectivity index is 1.66. The highest BCUT2D eigenvalue weighted by Crippen LogP contribution is 2.15. The standard InChI is InChI=1S/C22H24N2O4S2/c1-2-28-16-19-8-4-3-7-18(19)14-23-22(25)17-9-5-11-21(13-17)30(26,27)24-15-20-10-6-12-29-20/h3-13,24H,2,14-16H2,1H3,(H,23,25). The van der Waals surface area contributed by atoms with Gasteiger partial charge in [-0.15, -0.1) is 11.3 Å². The average molecular weight is 445 g/mol. The Labute approximate surface area is 181 Å². The summed E-state index contributed by atoms with van der Waals surface area (Å²) in [6.07, 6.45) is 0. The van der Waals surface area contributed by atoms with Crippen molar-refractivity contribution in [2.75, 3.05) is 6.61 Å². The first-order chi connectivity index (χ1) is 14.5. The number of hydrogen-bond acceptors (Lipinski definition) is 5. The molecule has 0 aliphatic heterocycles. The summed E-state index contributed by atoms with van der Waals surface area (Å²) in [5.41, 5.74) is 2.26. The number of carbonyl (C=O) groups excluding carboxylic acids is 1. The van der Waals surface area contributed by atoms with Crippen LogP contribution in [-0.4, -0.2) is 20.9 Å². The second-order valence-corrected chi connectivity index (χ2v) is 9.32. The minimum absolute atomic E-state index is 0.0588. The van der Waals surface area contributed by atoms with Gasteiger partial charge in [0.15, 0.2) is 0 Å². The number of ether oxygens (including phenoxy) is 1. The molecule has 0 fully saturated rings. The summed E-state index contributed by atoms with van der Waals surface area (Å²) in [7, 11) is -3.72. The molecular formula is C22H24N2O4S2. The van der Waals surface area contributed by atoms with Gasteiger partial charge in [-0.05, 0) is 47.7 Å². The van der Waals surface area contributed by atoms with Crippen LogP contribution in [0.25, 0.3) is 0 Å². The van der Waals surface area contributed by atoms with Crippen LogP contribution in [0.1, 0.15) is 33.3 Å². The largest absolute Gasteiger partial charge is 0.377 e. The van der Waals surface area contributed by atoms with Gasteiger partial charge in [0.05, 0.1) is 11.5 Å². The smallest absolute Gasteiger partial charge is 0.251 e. The number of hydrogen-bond donors (Lipinski definition) is 2. The number of rotatable bonds is 10. The number of amides is 1. The van der Waals surface area contributed by atoms with Crippen LogP contribution in [0.2, 0.25) is 0 Å². The van der Waals surface area contributed by atoms with E-state index in [2.05, 4.69) is 10.0 Å². The molecule has 30 heavy (non-hydrogen) atoms. The van der Waals surface area contributed by atoms with Crippen molar-refractivity contribution in [1.29, 1.82) is 0 Å². The molecule has 1 heterocycles. The summed E-state index contributed by atoms with van der Waals surface area (Å²) in [6.45, 7) is 3.57. The zero-order chi connectivity index (χ0) is 21.4. The molecule has 6 nitrogen and oxygen atoms in total. The summed E-state index contributed by atoms with van der Waals surface area (Å²) in [6, 6.07) is 17.5. The third-order valence-corrected chi connectivity index (χ3v) is 6.72. The minimum Gasteiger partial charge on any atom is -0.377 e. The summed E-state index contributed by atoms with van der Waals surface area (Å²) in [5, 5.41) is 4.75. The van der Waals surface area contributed by atoms with Gasteiger partial charge in [-0.1, -0.05) is 36.4 Å². The lowest BCUT2D eigenvalue weighted by Crippen LogP contribution is -2.25. The quantitative estimate of drug-likeness (QED) is 0.499. The Hall–Kier alpha value is -2.52. The highest BCUT2D eigenvalue weighted by Gasteiger charge is 2.16. The normalized spacial score (nSPS) is 11.4. The Morgan fingerprint density at radius 1 is 1.00 bits per heavy atom. The molecule has 0 aliphatic carbocycles. The zero-order valence-electron chi connectivity index (χ0n) is 16.6. The summed E-state index contributed by atoms with van der Waals surface area (Å²) >= 11 is 1.48. The van der Waals surface area contributed by atoms with Crippen LogP contribution in [0.5, 0.6) is 0 Å². The van der Waals surface area contributed by atoms with Crippen molar-refractivity contribution in [2.24, 2.45) is 0 Å². The fraction of sp³-hybridized carbons (Fsp3) is 0.227. The molecule has 0 radical (unpaired) electrons. The first kappa shape index (κ1) is 22.2. The molecule has 2 N–H and O–H groups in total. The number of benzene rings is 2. The first-order valence-corrected chi connectivity index (χ1v) is 11.9. The summed E-state index contributed by atoms with van der Waals surface area (Å²) < 4.78 is 33.2. The van der Waals surface area contributed by atoms with Gasteiger partial charge in [0.25, 0.3) is 5.91 Å². The molecule has 0 bridgehead atoms. The molecule has 0 saturated carbocycles. The highest BCUT2D eigenvalue weighted by atomic mass is 32.2. The number of carbonyl (C=O) groups is 1. The van der Waals surface area contributed by atoms with Gasteiger partial charge >= 0.3 is 0 Å². The second-order valence-electron chi connectivity index (χ2n) is 6.52. The molecule has 0 aliphatic rings. The Morgan fingerprint density at radius 2 is 1.80 bits per heavy atom.